The Bertz CT molecular complexity index is 419. The van der Waals surface area contributed by atoms with Gasteiger partial charge in [-0.25, -0.2) is 0 Å². The van der Waals surface area contributed by atoms with Gasteiger partial charge in [0.15, 0.2) is 0 Å². The lowest BCUT2D eigenvalue weighted by molar-refractivity contribution is 0.0844. The number of rotatable bonds is 5. The van der Waals surface area contributed by atoms with Crippen molar-refractivity contribution in [3.05, 3.63) is 0 Å². The minimum absolute atomic E-state index is 0.108. The molecule has 0 aromatic carbocycles. The van der Waals surface area contributed by atoms with Gasteiger partial charge in [-0.15, -0.1) is 0 Å². The van der Waals surface area contributed by atoms with Crippen molar-refractivity contribution in [2.75, 3.05) is 0 Å². The van der Waals surface area contributed by atoms with Crippen LogP contribution in [0.15, 0.2) is 0 Å². The van der Waals surface area contributed by atoms with Gasteiger partial charge in [0.2, 0.25) is 0 Å². The fraction of sp³-hybridized carbons (Fsp3) is 0.952. The summed E-state index contributed by atoms with van der Waals surface area (Å²) in [5, 5.41) is 9.42. The van der Waals surface area contributed by atoms with Crippen molar-refractivity contribution in [1.29, 1.82) is 5.26 Å². The lowest BCUT2D eigenvalue weighted by Crippen LogP contribution is -2.54. The summed E-state index contributed by atoms with van der Waals surface area (Å²) in [7, 11) is 0. The third-order valence-electron chi connectivity index (χ3n) is 6.38. The molecule has 0 aliphatic heterocycles. The first-order valence-electron chi connectivity index (χ1n) is 9.97. The van der Waals surface area contributed by atoms with Gasteiger partial charge in [0, 0.05) is 11.6 Å². The maximum absolute atomic E-state index is 9.42. The molecule has 3 nitrogen and oxygen atoms in total. The largest absolute Gasteiger partial charge is 0.328 e. The van der Waals surface area contributed by atoms with Gasteiger partial charge >= 0.3 is 0 Å². The fourth-order valence-electron chi connectivity index (χ4n) is 4.68. The molecule has 24 heavy (non-hydrogen) atoms. The van der Waals surface area contributed by atoms with Gasteiger partial charge in [-0.3, -0.25) is 0 Å². The minimum atomic E-state index is -0.362. The van der Waals surface area contributed by atoms with Crippen molar-refractivity contribution in [1.82, 2.24) is 0 Å². The molecule has 3 heteroatoms. The molecule has 0 heterocycles. The van der Waals surface area contributed by atoms with E-state index in [0.29, 0.717) is 6.04 Å². The first kappa shape index (κ1) is 21.5. The zero-order chi connectivity index (χ0) is 18.4. The van der Waals surface area contributed by atoms with Crippen LogP contribution in [0.2, 0.25) is 0 Å². The standard InChI is InChI=1S/C21H41N3/c1-17(23)14-18-10-7-6-8-12-20(4,13-9-11-18)21(5,24)15-19(2,3)16-22/h17-18H,6-15,23-24H2,1-5H3. The lowest BCUT2D eigenvalue weighted by Gasteiger charge is -2.47. The fourth-order valence-corrected chi connectivity index (χ4v) is 4.68. The number of hydrogen-bond acceptors (Lipinski definition) is 3. The third-order valence-corrected chi connectivity index (χ3v) is 6.38. The van der Waals surface area contributed by atoms with Gasteiger partial charge in [-0.05, 0) is 64.7 Å². The Hall–Kier alpha value is -0.590. The topological polar surface area (TPSA) is 75.8 Å². The third kappa shape index (κ3) is 6.37. The number of nitrogens with two attached hydrogens (primary N) is 2. The van der Waals surface area contributed by atoms with Crippen molar-refractivity contribution in [3.8, 4) is 6.07 Å². The molecule has 0 spiro atoms. The summed E-state index contributed by atoms with van der Waals surface area (Å²) in [6.45, 7) is 10.7. The Morgan fingerprint density at radius 1 is 1.12 bits per heavy atom. The van der Waals surface area contributed by atoms with Crippen molar-refractivity contribution in [3.63, 3.8) is 0 Å². The van der Waals surface area contributed by atoms with Crippen LogP contribution in [0, 0.1) is 28.1 Å². The van der Waals surface area contributed by atoms with Crippen LogP contribution < -0.4 is 11.5 Å². The second-order valence-electron chi connectivity index (χ2n) is 9.72. The molecule has 1 saturated carbocycles. The summed E-state index contributed by atoms with van der Waals surface area (Å²) >= 11 is 0. The van der Waals surface area contributed by atoms with E-state index in [1.165, 1.54) is 44.9 Å². The first-order chi connectivity index (χ1) is 11.0. The predicted octanol–water partition coefficient (Wildman–Crippen LogP) is 5.14. The highest BCUT2D eigenvalue weighted by Crippen LogP contribution is 2.46. The quantitative estimate of drug-likeness (QED) is 0.730. The van der Waals surface area contributed by atoms with Gasteiger partial charge < -0.3 is 11.5 Å². The Kier molecular flexibility index (Phi) is 7.75. The highest BCUT2D eigenvalue weighted by atomic mass is 14.8. The van der Waals surface area contributed by atoms with Crippen molar-refractivity contribution < 1.29 is 0 Å². The summed E-state index contributed by atoms with van der Waals surface area (Å²) < 4.78 is 0. The lowest BCUT2D eigenvalue weighted by atomic mass is 9.61. The summed E-state index contributed by atoms with van der Waals surface area (Å²) in [4.78, 5) is 0. The van der Waals surface area contributed by atoms with Crippen molar-refractivity contribution >= 4 is 0 Å². The van der Waals surface area contributed by atoms with E-state index in [1.54, 1.807) is 0 Å². The SMILES string of the molecule is CC(N)CC1CCCCCC(C)(C(C)(N)CC(C)(C)C#N)CCC1. The molecule has 140 valence electrons. The van der Waals surface area contributed by atoms with Gasteiger partial charge in [-0.1, -0.05) is 45.4 Å². The first-order valence-corrected chi connectivity index (χ1v) is 9.97. The second-order valence-corrected chi connectivity index (χ2v) is 9.72. The molecule has 4 N–H and O–H groups in total. The van der Waals surface area contributed by atoms with Gasteiger partial charge in [0.05, 0.1) is 11.5 Å². The van der Waals surface area contributed by atoms with Gasteiger partial charge in [0.25, 0.3) is 0 Å². The van der Waals surface area contributed by atoms with E-state index in [0.717, 1.165) is 25.2 Å². The summed E-state index contributed by atoms with van der Waals surface area (Å²) in [6, 6.07) is 2.74. The molecule has 4 unspecified atom stereocenters. The van der Waals surface area contributed by atoms with Gasteiger partial charge in [0.1, 0.15) is 0 Å². The monoisotopic (exact) mass is 335 g/mol. The molecule has 1 fully saturated rings. The maximum atomic E-state index is 9.42. The van der Waals surface area contributed by atoms with Crippen LogP contribution in [-0.2, 0) is 0 Å². The number of nitriles is 1. The van der Waals surface area contributed by atoms with Crippen LogP contribution >= 0.6 is 0 Å². The molecular weight excluding hydrogens is 294 g/mol. The smallest absolute Gasteiger partial charge is 0.0684 e. The Morgan fingerprint density at radius 2 is 1.71 bits per heavy atom. The molecule has 0 bridgehead atoms. The van der Waals surface area contributed by atoms with E-state index < -0.39 is 0 Å². The van der Waals surface area contributed by atoms with E-state index >= 15 is 0 Å². The highest BCUT2D eigenvalue weighted by molar-refractivity contribution is 5.05. The zero-order valence-corrected chi connectivity index (χ0v) is 16.8. The number of nitrogens with zero attached hydrogens (tertiary/aromatic N) is 1. The second kappa shape index (κ2) is 8.68. The average molecular weight is 336 g/mol. The van der Waals surface area contributed by atoms with Crippen LogP contribution in [0.5, 0.6) is 0 Å². The molecule has 0 amide bonds. The summed E-state index contributed by atoms with van der Waals surface area (Å²) in [5.74, 6) is 0.770. The molecule has 0 aromatic rings. The van der Waals surface area contributed by atoms with E-state index in [2.05, 4.69) is 26.8 Å². The predicted molar refractivity (Wildman–Crippen MR) is 103 cm³/mol. The van der Waals surface area contributed by atoms with E-state index in [1.807, 2.05) is 13.8 Å². The highest BCUT2D eigenvalue weighted by Gasteiger charge is 2.44. The average Bonchev–Trinajstić information content (AvgIpc) is 2.45. The van der Waals surface area contributed by atoms with Crippen LogP contribution in [0.3, 0.4) is 0 Å². The summed E-state index contributed by atoms with van der Waals surface area (Å²) in [6.07, 6.45) is 12.0. The normalized spacial score (nSPS) is 30.8. The number of hydrogen-bond donors (Lipinski definition) is 2. The zero-order valence-electron chi connectivity index (χ0n) is 16.8. The molecular formula is C21H41N3. The van der Waals surface area contributed by atoms with E-state index in [9.17, 15) is 5.26 Å². The van der Waals surface area contributed by atoms with Crippen molar-refractivity contribution in [2.24, 2.45) is 28.2 Å². The molecule has 1 aliphatic rings. The molecule has 1 aliphatic carbocycles. The molecule has 0 aromatic heterocycles. The molecule has 4 atom stereocenters. The summed E-state index contributed by atoms with van der Waals surface area (Å²) in [5.41, 5.74) is 12.3. The van der Waals surface area contributed by atoms with Crippen LogP contribution in [-0.4, -0.2) is 11.6 Å². The molecule has 0 radical (unpaired) electrons. The Balaban J connectivity index is 2.82. The Morgan fingerprint density at radius 3 is 2.29 bits per heavy atom. The minimum Gasteiger partial charge on any atom is -0.328 e. The Labute approximate surface area is 150 Å². The van der Waals surface area contributed by atoms with Crippen LogP contribution in [0.25, 0.3) is 0 Å². The molecule has 1 rings (SSSR count). The van der Waals surface area contributed by atoms with E-state index in [4.69, 9.17) is 11.5 Å². The van der Waals surface area contributed by atoms with Crippen LogP contribution in [0.1, 0.15) is 98.8 Å². The van der Waals surface area contributed by atoms with E-state index in [-0.39, 0.29) is 16.4 Å². The van der Waals surface area contributed by atoms with Crippen molar-refractivity contribution in [2.45, 2.75) is 110 Å². The van der Waals surface area contributed by atoms with Gasteiger partial charge in [-0.2, -0.15) is 5.26 Å². The molecule has 0 saturated heterocycles. The maximum Gasteiger partial charge on any atom is 0.0684 e. The van der Waals surface area contributed by atoms with Crippen LogP contribution in [0.4, 0.5) is 0 Å².